The molecule has 0 heterocycles. The van der Waals surface area contributed by atoms with Crippen molar-refractivity contribution in [3.63, 3.8) is 0 Å². The van der Waals surface area contributed by atoms with Gasteiger partial charge in [-0.25, -0.2) is 17.6 Å². The third kappa shape index (κ3) is 2.62. The first-order chi connectivity index (χ1) is 6.68. The van der Waals surface area contributed by atoms with Crippen molar-refractivity contribution in [3.8, 4) is 0 Å². The largest absolute Gasteiger partial charge is 2.00 e. The van der Waals surface area contributed by atoms with E-state index >= 15 is 0 Å². The zero-order chi connectivity index (χ0) is 12.0. The maximum Gasteiger partial charge on any atom is 2.00 e. The van der Waals surface area contributed by atoms with Crippen molar-refractivity contribution in [1.82, 2.24) is 0 Å². The Bertz CT molecular complexity index is 394. The fourth-order valence-electron chi connectivity index (χ4n) is 0.854. The van der Waals surface area contributed by atoms with Gasteiger partial charge in [0, 0.05) is 0 Å². The number of rotatable bonds is 0. The average Bonchev–Trinajstić information content (AvgIpc) is 2.09. The Labute approximate surface area is 112 Å². The third-order valence-corrected chi connectivity index (χ3v) is 2.19. The molecule has 1 aromatic carbocycles. The van der Waals surface area contributed by atoms with Crippen molar-refractivity contribution in [3.05, 3.63) is 33.3 Å². The molecule has 0 aliphatic carbocycles. The van der Waals surface area contributed by atoms with Gasteiger partial charge in [0.15, 0.2) is 23.3 Å². The van der Waals surface area contributed by atoms with Gasteiger partial charge >= 0.3 is 29.2 Å². The van der Waals surface area contributed by atoms with Crippen LogP contribution in [-0.4, -0.2) is 23.1 Å². The molecule has 0 spiro atoms. The molecule has 0 fully saturated rings. The second-order valence-electron chi connectivity index (χ2n) is 2.44. The fourth-order valence-corrected chi connectivity index (χ4v) is 1.20. The van der Waals surface area contributed by atoms with Gasteiger partial charge in [-0.3, -0.25) is 0 Å². The normalized spacial score (nSPS) is 11.2. The second-order valence-corrected chi connectivity index (χ2v) is 3.24. The smallest absolute Gasteiger partial charge is 1.00 e. The summed E-state index contributed by atoms with van der Waals surface area (Å²) in [5.41, 5.74) is -2.58. The first-order valence-corrected chi connectivity index (χ1v) is 4.05. The molecule has 16 heavy (non-hydrogen) atoms. The molecule has 0 aliphatic rings. The van der Waals surface area contributed by atoms with Crippen molar-refractivity contribution in [2.75, 3.05) is 0 Å². The molecule has 88 valence electrons. The topological polar surface area (TPSA) is 0 Å². The van der Waals surface area contributed by atoms with Gasteiger partial charge in [0.2, 0.25) is 0 Å². The van der Waals surface area contributed by atoms with E-state index in [9.17, 15) is 30.7 Å². The summed E-state index contributed by atoms with van der Waals surface area (Å²) in [6, 6.07) is 0. The number of hydrogen-bond donors (Lipinski definition) is 0. The summed E-state index contributed by atoms with van der Waals surface area (Å²) >= 11 is 2.08. The Morgan fingerprint density at radius 3 is 1.38 bits per heavy atom. The molecule has 0 amide bonds. The molecular formula is C7H2BrF7Mg. The molecule has 0 saturated heterocycles. The molecule has 1 aromatic rings. The maximum absolute atomic E-state index is 12.7. The Balaban J connectivity index is -0.000000750. The molecule has 0 saturated carbocycles. The minimum atomic E-state index is -5.50. The molecule has 0 N–H and O–H groups in total. The average molecular weight is 323 g/mol. The SMILES string of the molecule is Fc1c(F)c(C(F)(F)F)c(F)c(F)c1Br.[H-].[H-].[Mg+2]. The molecule has 1 rings (SSSR count). The Morgan fingerprint density at radius 2 is 1.12 bits per heavy atom. The predicted octanol–water partition coefficient (Wildman–Crippen LogP) is 3.87. The predicted molar refractivity (Wildman–Crippen MR) is 47.0 cm³/mol. The van der Waals surface area contributed by atoms with E-state index in [1.54, 1.807) is 0 Å². The Morgan fingerprint density at radius 1 is 0.812 bits per heavy atom. The van der Waals surface area contributed by atoms with Crippen molar-refractivity contribution >= 4 is 39.0 Å². The molecule has 0 aromatic heterocycles. The Kier molecular flexibility index (Phi) is 5.08. The summed E-state index contributed by atoms with van der Waals surface area (Å²) in [6.07, 6.45) is -5.50. The van der Waals surface area contributed by atoms with Gasteiger partial charge in [0.05, 0.1) is 4.47 Å². The van der Waals surface area contributed by atoms with Crippen LogP contribution < -0.4 is 0 Å². The molecule has 0 unspecified atom stereocenters. The van der Waals surface area contributed by atoms with Crippen LogP contribution in [0.4, 0.5) is 30.7 Å². The number of benzene rings is 1. The molecular weight excluding hydrogens is 321 g/mol. The number of alkyl halides is 3. The molecule has 0 nitrogen and oxygen atoms in total. The molecule has 0 aliphatic heterocycles. The molecule has 0 bridgehead atoms. The van der Waals surface area contributed by atoms with E-state index in [1.165, 1.54) is 0 Å². The first kappa shape index (κ1) is 16.0. The monoisotopic (exact) mass is 322 g/mol. The van der Waals surface area contributed by atoms with E-state index in [1.807, 2.05) is 0 Å². The summed E-state index contributed by atoms with van der Waals surface area (Å²) in [6.45, 7) is 0. The van der Waals surface area contributed by atoms with Crippen LogP contribution in [0.5, 0.6) is 0 Å². The van der Waals surface area contributed by atoms with E-state index in [-0.39, 0.29) is 25.9 Å². The van der Waals surface area contributed by atoms with Gasteiger partial charge in [-0.15, -0.1) is 0 Å². The standard InChI is InChI=1S/C7BrF7.Mg.2H/c8-2-5(11)3(9)1(7(13,14)15)4(10)6(2)12;;;/q;+2;2*-1. The summed E-state index contributed by atoms with van der Waals surface area (Å²) in [7, 11) is 0. The van der Waals surface area contributed by atoms with Crippen LogP contribution in [0.2, 0.25) is 0 Å². The van der Waals surface area contributed by atoms with Gasteiger partial charge in [-0.2, -0.15) is 13.2 Å². The number of hydrogen-bond acceptors (Lipinski definition) is 0. The summed E-state index contributed by atoms with van der Waals surface area (Å²) in [4.78, 5) is 0. The van der Waals surface area contributed by atoms with E-state index in [2.05, 4.69) is 15.9 Å². The third-order valence-electron chi connectivity index (χ3n) is 1.49. The van der Waals surface area contributed by atoms with Crippen LogP contribution in [0.1, 0.15) is 8.42 Å². The quantitative estimate of drug-likeness (QED) is 0.294. The van der Waals surface area contributed by atoms with Gasteiger partial charge in [0.1, 0.15) is 5.56 Å². The summed E-state index contributed by atoms with van der Waals surface area (Å²) < 4.78 is 85.2. The van der Waals surface area contributed by atoms with Crippen molar-refractivity contribution in [2.24, 2.45) is 0 Å². The van der Waals surface area contributed by atoms with Crippen LogP contribution >= 0.6 is 15.9 Å². The van der Waals surface area contributed by atoms with Crippen molar-refractivity contribution in [2.45, 2.75) is 6.18 Å². The van der Waals surface area contributed by atoms with Crippen LogP contribution in [0.25, 0.3) is 0 Å². The maximum atomic E-state index is 12.7. The number of halogens is 8. The van der Waals surface area contributed by atoms with E-state index in [0.717, 1.165) is 0 Å². The van der Waals surface area contributed by atoms with E-state index in [4.69, 9.17) is 0 Å². The van der Waals surface area contributed by atoms with Gasteiger partial charge in [-0.05, 0) is 15.9 Å². The molecule has 0 atom stereocenters. The van der Waals surface area contributed by atoms with Crippen LogP contribution in [0.3, 0.4) is 0 Å². The zero-order valence-electron chi connectivity index (χ0n) is 9.23. The minimum absolute atomic E-state index is 0. The summed E-state index contributed by atoms with van der Waals surface area (Å²) in [5, 5.41) is 0. The van der Waals surface area contributed by atoms with Crippen molar-refractivity contribution in [1.29, 1.82) is 0 Å². The van der Waals surface area contributed by atoms with E-state index < -0.39 is 39.5 Å². The van der Waals surface area contributed by atoms with Crippen molar-refractivity contribution < 1.29 is 33.6 Å². The Hall–Kier alpha value is -0.0238. The zero-order valence-corrected chi connectivity index (χ0v) is 10.2. The molecule has 9 heteroatoms. The van der Waals surface area contributed by atoms with Crippen LogP contribution in [-0.2, 0) is 6.18 Å². The fraction of sp³-hybridized carbons (Fsp3) is 0.143. The van der Waals surface area contributed by atoms with Gasteiger partial charge < -0.3 is 2.85 Å². The second kappa shape index (κ2) is 5.09. The van der Waals surface area contributed by atoms with Gasteiger partial charge in [0.25, 0.3) is 0 Å². The first-order valence-electron chi connectivity index (χ1n) is 3.26. The minimum Gasteiger partial charge on any atom is -1.00 e. The summed E-state index contributed by atoms with van der Waals surface area (Å²) in [5.74, 6) is -9.20. The van der Waals surface area contributed by atoms with Crippen LogP contribution in [0.15, 0.2) is 4.47 Å². The van der Waals surface area contributed by atoms with E-state index in [0.29, 0.717) is 0 Å². The molecule has 0 radical (unpaired) electrons. The van der Waals surface area contributed by atoms with Gasteiger partial charge in [-0.1, -0.05) is 0 Å². The van der Waals surface area contributed by atoms with Crippen LogP contribution in [0, 0.1) is 23.3 Å².